The van der Waals surface area contributed by atoms with E-state index in [9.17, 15) is 0 Å². The van der Waals surface area contributed by atoms with E-state index in [0.717, 1.165) is 0 Å². The molecular weight excluding hydrogens is 709 g/mol. The van der Waals surface area contributed by atoms with Gasteiger partial charge in [-0.1, -0.05) is 162 Å². The monoisotopic (exact) mass is 740 g/mol. The summed E-state index contributed by atoms with van der Waals surface area (Å²) < 4.78 is 0. The minimum absolute atomic E-state index is 1.22. The second kappa shape index (κ2) is 17.0. The average molecular weight is 741 g/mol. The highest BCUT2D eigenvalue weighted by Crippen LogP contribution is 2.59. The van der Waals surface area contributed by atoms with E-state index in [4.69, 9.17) is 0 Å². The van der Waals surface area contributed by atoms with Crippen molar-refractivity contribution in [1.29, 1.82) is 0 Å². The Balaban J connectivity index is 1.60. The van der Waals surface area contributed by atoms with E-state index in [1.807, 2.05) is 58.8 Å². The largest absolute Gasteiger partial charge is 0.130 e. The Morgan fingerprint density at radius 3 is 0.816 bits per heavy atom. The van der Waals surface area contributed by atoms with Crippen LogP contribution >= 0.6 is 70.6 Å². The number of hydrogen-bond donors (Lipinski definition) is 0. The van der Waals surface area contributed by atoms with Crippen molar-refractivity contribution in [1.82, 2.24) is 0 Å². The summed E-state index contributed by atoms with van der Waals surface area (Å²) in [7, 11) is 0. The molecule has 0 nitrogen and oxygen atoms in total. The lowest BCUT2D eigenvalue weighted by molar-refractivity contribution is 0.963. The smallest absolute Gasteiger partial charge is 0.0425 e. The average Bonchev–Trinajstić information content (AvgIpc) is 3.17. The first-order valence-corrected chi connectivity index (χ1v) is 21.1. The highest BCUT2D eigenvalue weighted by molar-refractivity contribution is 8.05. The van der Waals surface area contributed by atoms with Crippen LogP contribution in [0.1, 0.15) is 0 Å². The van der Waals surface area contributed by atoms with Crippen LogP contribution < -0.4 is 0 Å². The van der Waals surface area contributed by atoms with E-state index in [1.165, 1.54) is 65.0 Å². The van der Waals surface area contributed by atoms with Crippen molar-refractivity contribution < 1.29 is 0 Å². The number of benzene rings is 7. The fraction of sp³-hybridized carbons (Fsp3) is 0.0233. The van der Waals surface area contributed by atoms with Gasteiger partial charge in [0.25, 0.3) is 0 Å². The van der Waals surface area contributed by atoms with E-state index in [-0.39, 0.29) is 0 Å². The Labute approximate surface area is 315 Å². The Hall–Kier alpha value is -3.36. The first-order chi connectivity index (χ1) is 24.2. The van der Waals surface area contributed by atoms with Crippen molar-refractivity contribution in [2.24, 2.45) is 0 Å². The van der Waals surface area contributed by atoms with E-state index in [0.29, 0.717) is 0 Å². The molecule has 0 unspecified atom stereocenters. The second-order valence-corrected chi connectivity index (χ2v) is 17.1. The fourth-order valence-corrected chi connectivity index (χ4v) is 11.7. The fourth-order valence-electron chi connectivity index (χ4n) is 5.16. The maximum Gasteiger partial charge on any atom is 0.0425 e. The number of rotatable bonds is 12. The van der Waals surface area contributed by atoms with E-state index < -0.39 is 0 Å². The van der Waals surface area contributed by atoms with Gasteiger partial charge in [-0.05, 0) is 84.6 Å². The van der Waals surface area contributed by atoms with Gasteiger partial charge in [-0.15, -0.1) is 11.8 Å². The van der Waals surface area contributed by atoms with Crippen molar-refractivity contribution in [2.45, 2.75) is 53.9 Å². The lowest BCUT2D eigenvalue weighted by Crippen LogP contribution is -1.98. The highest BCUT2D eigenvalue weighted by atomic mass is 32.2. The molecule has 7 rings (SSSR count). The maximum absolute atomic E-state index is 2.31. The first kappa shape index (κ1) is 34.1. The maximum atomic E-state index is 2.31. The second-order valence-electron chi connectivity index (χ2n) is 10.8. The molecule has 0 aliphatic carbocycles. The minimum atomic E-state index is 1.22. The molecule has 0 heterocycles. The molecule has 49 heavy (non-hydrogen) atoms. The van der Waals surface area contributed by atoms with Gasteiger partial charge in [-0.3, -0.25) is 0 Å². The molecule has 7 aromatic carbocycles. The van der Waals surface area contributed by atoms with E-state index in [2.05, 4.69) is 182 Å². The van der Waals surface area contributed by atoms with Crippen molar-refractivity contribution >= 4 is 70.6 Å². The molecule has 0 saturated heterocycles. The molecule has 7 aromatic rings. The topological polar surface area (TPSA) is 0 Å². The van der Waals surface area contributed by atoms with Gasteiger partial charge in [0.2, 0.25) is 0 Å². The van der Waals surface area contributed by atoms with Crippen molar-refractivity contribution in [3.63, 3.8) is 0 Å². The lowest BCUT2D eigenvalue weighted by atomic mass is 10.1. The van der Waals surface area contributed by atoms with Crippen LogP contribution in [0, 0.1) is 0 Å². The summed E-state index contributed by atoms with van der Waals surface area (Å²) in [6, 6.07) is 63.2. The molecule has 0 N–H and O–H groups in total. The Morgan fingerprint density at radius 2 is 0.531 bits per heavy atom. The zero-order valence-corrected chi connectivity index (χ0v) is 31.6. The molecule has 0 aliphatic rings. The standard InChI is InChI=1S/C43H32S6/c1-44-32-29-27-31(28-30-32)38-39(45-33-17-7-2-8-18-33)41(47-35-21-11-4-12-22-35)43(49-37-25-15-6-16-26-37)42(48-36-23-13-5-14-24-36)40(38)46-34-19-9-3-10-20-34/h2-30H,1H3. The van der Waals surface area contributed by atoms with Crippen molar-refractivity contribution in [2.75, 3.05) is 6.26 Å². The third-order valence-electron chi connectivity index (χ3n) is 7.47. The summed E-state index contributed by atoms with van der Waals surface area (Å²) in [6.45, 7) is 0. The number of thioether (sulfide) groups is 1. The van der Waals surface area contributed by atoms with Gasteiger partial charge in [0.15, 0.2) is 0 Å². The Morgan fingerprint density at radius 1 is 0.265 bits per heavy atom. The molecule has 0 amide bonds. The van der Waals surface area contributed by atoms with Gasteiger partial charge in [0, 0.05) is 59.4 Å². The highest BCUT2D eigenvalue weighted by Gasteiger charge is 2.28. The minimum Gasteiger partial charge on any atom is -0.130 e. The summed E-state index contributed by atoms with van der Waals surface area (Å²) in [5.41, 5.74) is 2.49. The molecule has 0 atom stereocenters. The van der Waals surface area contributed by atoms with E-state index in [1.54, 1.807) is 11.8 Å². The molecular formula is C43H32S6. The SMILES string of the molecule is CSc1ccc(-c2c(Sc3ccccc3)c(Sc3ccccc3)c(Sc3ccccc3)c(Sc3ccccc3)c2Sc2ccccc2)cc1. The van der Waals surface area contributed by atoms with Crippen LogP contribution in [-0.2, 0) is 0 Å². The van der Waals surface area contributed by atoms with Crippen LogP contribution in [0.15, 0.2) is 230 Å². The van der Waals surface area contributed by atoms with Crippen LogP contribution in [-0.4, -0.2) is 6.26 Å². The number of hydrogen-bond acceptors (Lipinski definition) is 6. The van der Waals surface area contributed by atoms with Crippen LogP contribution in [0.3, 0.4) is 0 Å². The lowest BCUT2D eigenvalue weighted by Gasteiger charge is -2.26. The summed E-state index contributed by atoms with van der Waals surface area (Å²) in [6.07, 6.45) is 2.14. The van der Waals surface area contributed by atoms with E-state index >= 15 is 0 Å². The molecule has 6 heteroatoms. The van der Waals surface area contributed by atoms with Gasteiger partial charge in [0.05, 0.1) is 0 Å². The molecule has 0 saturated carbocycles. The van der Waals surface area contributed by atoms with Crippen molar-refractivity contribution in [3.05, 3.63) is 176 Å². The molecule has 0 aliphatic heterocycles. The molecule has 0 radical (unpaired) electrons. The predicted octanol–water partition coefficient (Wildman–Crippen LogP) is 14.8. The first-order valence-electron chi connectivity index (χ1n) is 15.8. The van der Waals surface area contributed by atoms with Gasteiger partial charge in [-0.25, -0.2) is 0 Å². The van der Waals surface area contributed by atoms with Crippen LogP contribution in [0.2, 0.25) is 0 Å². The van der Waals surface area contributed by atoms with Crippen LogP contribution in [0.25, 0.3) is 11.1 Å². The molecule has 0 fully saturated rings. The summed E-state index contributed by atoms with van der Waals surface area (Å²) in [5, 5.41) is 0. The molecule has 240 valence electrons. The molecule has 0 aromatic heterocycles. The predicted molar refractivity (Wildman–Crippen MR) is 216 cm³/mol. The third-order valence-corrected chi connectivity index (χ3v) is 14.3. The molecule has 0 spiro atoms. The zero-order valence-electron chi connectivity index (χ0n) is 26.7. The van der Waals surface area contributed by atoms with Gasteiger partial charge < -0.3 is 0 Å². The quantitative estimate of drug-likeness (QED) is 0.114. The Bertz CT molecular complexity index is 1980. The van der Waals surface area contributed by atoms with Crippen LogP contribution in [0.4, 0.5) is 0 Å². The van der Waals surface area contributed by atoms with Crippen LogP contribution in [0.5, 0.6) is 0 Å². The zero-order chi connectivity index (χ0) is 33.3. The summed E-state index contributed by atoms with van der Waals surface area (Å²) in [5.74, 6) is 0. The summed E-state index contributed by atoms with van der Waals surface area (Å²) >= 11 is 11.1. The molecule has 0 bridgehead atoms. The normalized spacial score (nSPS) is 11.0. The third kappa shape index (κ3) is 8.69. The van der Waals surface area contributed by atoms with Gasteiger partial charge in [0.1, 0.15) is 0 Å². The van der Waals surface area contributed by atoms with Gasteiger partial charge in [-0.2, -0.15) is 0 Å². The Kier molecular flexibility index (Phi) is 11.9. The summed E-state index contributed by atoms with van der Waals surface area (Å²) in [4.78, 5) is 13.7. The van der Waals surface area contributed by atoms with Gasteiger partial charge >= 0.3 is 0 Å². The van der Waals surface area contributed by atoms with Crippen molar-refractivity contribution in [3.8, 4) is 11.1 Å².